The maximum Gasteiger partial charge on any atom is 0.241 e. The molecule has 3 aromatic heterocycles. The number of rotatable bonds is 8. The van der Waals surface area contributed by atoms with E-state index in [2.05, 4.69) is 26.7 Å². The maximum atomic E-state index is 10.0. The maximum absolute atomic E-state index is 10.0. The summed E-state index contributed by atoms with van der Waals surface area (Å²) in [6, 6.07) is 6.36. The van der Waals surface area contributed by atoms with Gasteiger partial charge in [0.05, 0.1) is 24.4 Å². The zero-order valence-corrected chi connectivity index (χ0v) is 20.6. The largest absolute Gasteiger partial charge is 0.473 e. The first-order valence-electron chi connectivity index (χ1n) is 12.8. The lowest BCUT2D eigenvalue weighted by atomic mass is 9.85. The molecule has 0 radical (unpaired) electrons. The van der Waals surface area contributed by atoms with Gasteiger partial charge in [-0.25, -0.2) is 14.5 Å². The standard InChI is InChI=1S/C26H36N6O3/c1-17(16-34-2)30-26-29-15-24-22(13-23(32(24)31-26)18-5-7-20(33)8-6-18)19-9-11-28-25(12-19)35-21-4-3-10-27-14-21/h9,11-13,15,17-18,20-21,27,33H,3-8,10,14,16H2,1-2H3,(H,30,31)/t17-,18-,20-,21-/m0/s1. The number of anilines is 1. The molecule has 35 heavy (non-hydrogen) atoms. The predicted molar refractivity (Wildman–Crippen MR) is 135 cm³/mol. The van der Waals surface area contributed by atoms with E-state index in [1.807, 2.05) is 36.0 Å². The molecular weight excluding hydrogens is 444 g/mol. The molecule has 2 fully saturated rings. The number of aromatic nitrogens is 4. The molecule has 0 spiro atoms. The zero-order valence-electron chi connectivity index (χ0n) is 20.6. The summed E-state index contributed by atoms with van der Waals surface area (Å²) in [4.78, 5) is 9.08. The van der Waals surface area contributed by atoms with Crippen molar-refractivity contribution in [2.45, 2.75) is 69.6 Å². The first kappa shape index (κ1) is 24.0. The third-order valence-electron chi connectivity index (χ3n) is 7.04. The summed E-state index contributed by atoms with van der Waals surface area (Å²) in [5, 5.41) is 21.6. The number of methoxy groups -OCH3 is 1. The Morgan fingerprint density at radius 3 is 2.83 bits per heavy atom. The van der Waals surface area contributed by atoms with Gasteiger partial charge in [0.25, 0.3) is 0 Å². The van der Waals surface area contributed by atoms with Crippen LogP contribution >= 0.6 is 0 Å². The fourth-order valence-electron chi connectivity index (χ4n) is 5.22. The number of hydrogen-bond acceptors (Lipinski definition) is 8. The van der Waals surface area contributed by atoms with Crippen molar-refractivity contribution >= 4 is 11.5 Å². The van der Waals surface area contributed by atoms with Gasteiger partial charge in [0.2, 0.25) is 11.8 Å². The number of nitrogens with one attached hydrogen (secondary N) is 2. The smallest absolute Gasteiger partial charge is 0.241 e. The van der Waals surface area contributed by atoms with Crippen molar-refractivity contribution in [3.05, 3.63) is 36.3 Å². The van der Waals surface area contributed by atoms with Crippen LogP contribution in [0.5, 0.6) is 5.88 Å². The fraction of sp³-hybridized carbons (Fsp3) is 0.577. The van der Waals surface area contributed by atoms with Crippen LogP contribution in [0.2, 0.25) is 0 Å². The Balaban J connectivity index is 1.49. The van der Waals surface area contributed by atoms with Crippen molar-refractivity contribution in [3.8, 4) is 17.0 Å². The van der Waals surface area contributed by atoms with Crippen molar-refractivity contribution in [1.29, 1.82) is 0 Å². The van der Waals surface area contributed by atoms with Gasteiger partial charge in [-0.05, 0) is 69.7 Å². The van der Waals surface area contributed by atoms with Gasteiger partial charge in [0.15, 0.2) is 0 Å². The van der Waals surface area contributed by atoms with E-state index in [1.165, 1.54) is 0 Å². The molecule has 9 heteroatoms. The zero-order chi connectivity index (χ0) is 24.2. The van der Waals surface area contributed by atoms with E-state index in [0.29, 0.717) is 24.4 Å². The van der Waals surface area contributed by atoms with Gasteiger partial charge in [-0.2, -0.15) is 0 Å². The molecule has 4 heterocycles. The third kappa shape index (κ3) is 5.58. The minimum Gasteiger partial charge on any atom is -0.473 e. The Morgan fingerprint density at radius 2 is 2.06 bits per heavy atom. The monoisotopic (exact) mass is 480 g/mol. The minimum absolute atomic E-state index is 0.0925. The van der Waals surface area contributed by atoms with Gasteiger partial charge in [-0.15, -0.1) is 5.10 Å². The van der Waals surface area contributed by atoms with Crippen LogP contribution in [0, 0.1) is 0 Å². The normalized spacial score (nSPS) is 23.8. The van der Waals surface area contributed by atoms with Crippen LogP contribution in [0.25, 0.3) is 16.6 Å². The van der Waals surface area contributed by atoms with E-state index in [-0.39, 0.29) is 18.2 Å². The SMILES string of the molecule is COC[C@H](C)Nc1ncc2c(-c3ccnc(O[C@H]4CCCNC4)c3)cc([C@H]3CC[C@H](O)CC3)n2n1. The molecule has 1 saturated heterocycles. The highest BCUT2D eigenvalue weighted by Crippen LogP contribution is 2.38. The molecule has 9 nitrogen and oxygen atoms in total. The summed E-state index contributed by atoms with van der Waals surface area (Å²) in [5.41, 5.74) is 4.21. The number of hydrogen-bond donors (Lipinski definition) is 3. The summed E-state index contributed by atoms with van der Waals surface area (Å²) in [5.74, 6) is 1.56. The van der Waals surface area contributed by atoms with Gasteiger partial charge in [0.1, 0.15) is 6.10 Å². The van der Waals surface area contributed by atoms with Gasteiger partial charge in [0, 0.05) is 49.1 Å². The van der Waals surface area contributed by atoms with Crippen LogP contribution in [0.3, 0.4) is 0 Å². The molecular formula is C26H36N6O3. The average molecular weight is 481 g/mol. The van der Waals surface area contributed by atoms with Crippen LogP contribution in [0.1, 0.15) is 57.1 Å². The van der Waals surface area contributed by atoms with Crippen molar-refractivity contribution < 1.29 is 14.6 Å². The van der Waals surface area contributed by atoms with Crippen LogP contribution in [-0.2, 0) is 4.74 Å². The first-order valence-corrected chi connectivity index (χ1v) is 12.8. The number of aliphatic hydroxyl groups excluding tert-OH is 1. The van der Waals surface area contributed by atoms with E-state index in [4.69, 9.17) is 14.6 Å². The summed E-state index contributed by atoms with van der Waals surface area (Å²) in [7, 11) is 1.69. The highest BCUT2D eigenvalue weighted by Gasteiger charge is 2.26. The second-order valence-corrected chi connectivity index (χ2v) is 9.84. The minimum atomic E-state index is -0.201. The van der Waals surface area contributed by atoms with Crippen molar-refractivity contribution in [3.63, 3.8) is 0 Å². The second kappa shape index (κ2) is 10.9. The molecule has 1 aliphatic heterocycles. The van der Waals surface area contributed by atoms with Gasteiger partial charge in [-0.3, -0.25) is 0 Å². The molecule has 1 aliphatic carbocycles. The molecule has 188 valence electrons. The molecule has 2 atom stereocenters. The molecule has 0 unspecified atom stereocenters. The Bertz CT molecular complexity index is 1120. The van der Waals surface area contributed by atoms with Gasteiger partial charge < -0.3 is 25.2 Å². The van der Waals surface area contributed by atoms with E-state index in [1.54, 1.807) is 7.11 Å². The highest BCUT2D eigenvalue weighted by molar-refractivity contribution is 5.81. The Morgan fingerprint density at radius 1 is 1.20 bits per heavy atom. The molecule has 0 bridgehead atoms. The summed E-state index contributed by atoms with van der Waals surface area (Å²) in [6.07, 6.45) is 9.31. The number of piperidine rings is 1. The van der Waals surface area contributed by atoms with Gasteiger partial charge in [-0.1, -0.05) is 0 Å². The lowest BCUT2D eigenvalue weighted by Crippen LogP contribution is -2.37. The lowest BCUT2D eigenvalue weighted by molar-refractivity contribution is 0.121. The van der Waals surface area contributed by atoms with Crippen LogP contribution in [0.4, 0.5) is 5.95 Å². The van der Waals surface area contributed by atoms with E-state index in [0.717, 1.165) is 74.0 Å². The lowest BCUT2D eigenvalue weighted by Gasteiger charge is -2.25. The highest BCUT2D eigenvalue weighted by atomic mass is 16.5. The van der Waals surface area contributed by atoms with E-state index < -0.39 is 0 Å². The number of fused-ring (bicyclic) bond motifs is 1. The van der Waals surface area contributed by atoms with Crippen LogP contribution < -0.4 is 15.4 Å². The number of ether oxygens (including phenoxy) is 2. The average Bonchev–Trinajstić information content (AvgIpc) is 3.24. The fourth-order valence-corrected chi connectivity index (χ4v) is 5.22. The molecule has 3 aromatic rings. The molecule has 1 saturated carbocycles. The first-order chi connectivity index (χ1) is 17.1. The number of nitrogens with zero attached hydrogens (tertiary/aromatic N) is 4. The third-order valence-corrected chi connectivity index (χ3v) is 7.04. The summed E-state index contributed by atoms with van der Waals surface area (Å²) in [6.45, 7) is 4.51. The Kier molecular flexibility index (Phi) is 7.46. The molecule has 2 aliphatic rings. The summed E-state index contributed by atoms with van der Waals surface area (Å²) >= 11 is 0. The Hall–Kier alpha value is -2.75. The van der Waals surface area contributed by atoms with Gasteiger partial charge >= 0.3 is 0 Å². The Labute approximate surface area is 206 Å². The second-order valence-electron chi connectivity index (χ2n) is 9.84. The summed E-state index contributed by atoms with van der Waals surface area (Å²) < 4.78 is 13.5. The topological polar surface area (TPSA) is 106 Å². The molecule has 0 aromatic carbocycles. The quantitative estimate of drug-likeness (QED) is 0.451. The number of pyridine rings is 1. The van der Waals surface area contributed by atoms with Crippen molar-refractivity contribution in [1.82, 2.24) is 24.9 Å². The van der Waals surface area contributed by atoms with Crippen LogP contribution in [0.15, 0.2) is 30.6 Å². The predicted octanol–water partition coefficient (Wildman–Crippen LogP) is 3.39. The number of aliphatic hydroxyl groups is 1. The van der Waals surface area contributed by atoms with Crippen molar-refractivity contribution in [2.75, 3.05) is 32.1 Å². The van der Waals surface area contributed by atoms with E-state index >= 15 is 0 Å². The van der Waals surface area contributed by atoms with Crippen LogP contribution in [-0.4, -0.2) is 69.7 Å². The molecule has 0 amide bonds. The van der Waals surface area contributed by atoms with E-state index in [9.17, 15) is 5.11 Å². The molecule has 5 rings (SSSR count). The van der Waals surface area contributed by atoms with Crippen molar-refractivity contribution in [2.24, 2.45) is 0 Å². The molecule has 3 N–H and O–H groups in total.